The minimum Gasteiger partial charge on any atom is -0.480 e. The quantitative estimate of drug-likeness (QED) is 0.190. The maximum absolute atomic E-state index is 14.9. The summed E-state index contributed by atoms with van der Waals surface area (Å²) in [6, 6.07) is 17.1. The SMILES string of the molecule is CCNC(=O)Nc1ccc(-c2sc3c(c2CN(C)[C@@H](C)C(=O)O)c(=O)n(-c2ccccc2)c(=O)n3Cc2c(F)cccc2F)cc1. The molecule has 2 aromatic heterocycles. The Bertz CT molecular complexity index is 2020. The highest BCUT2D eigenvalue weighted by molar-refractivity contribution is 7.22. The van der Waals surface area contributed by atoms with Crippen LogP contribution in [0, 0.1) is 11.6 Å². The van der Waals surface area contributed by atoms with Crippen LogP contribution in [-0.4, -0.2) is 50.8 Å². The van der Waals surface area contributed by atoms with Gasteiger partial charge < -0.3 is 15.7 Å². The number of rotatable bonds is 10. The average molecular weight is 648 g/mol. The Balaban J connectivity index is 1.81. The summed E-state index contributed by atoms with van der Waals surface area (Å²) in [7, 11) is 1.60. The van der Waals surface area contributed by atoms with E-state index in [0.29, 0.717) is 28.2 Å². The van der Waals surface area contributed by atoms with Crippen LogP contribution in [0.3, 0.4) is 0 Å². The minimum atomic E-state index is -1.07. The van der Waals surface area contributed by atoms with Gasteiger partial charge in [0.25, 0.3) is 5.56 Å². The van der Waals surface area contributed by atoms with Crippen molar-refractivity contribution in [2.75, 3.05) is 18.9 Å². The van der Waals surface area contributed by atoms with Gasteiger partial charge in [0.2, 0.25) is 0 Å². The first-order chi connectivity index (χ1) is 22.0. The highest BCUT2D eigenvalue weighted by Gasteiger charge is 2.27. The molecule has 0 fully saturated rings. The van der Waals surface area contributed by atoms with E-state index in [1.165, 1.54) is 17.6 Å². The summed E-state index contributed by atoms with van der Waals surface area (Å²) in [4.78, 5) is 54.5. The molecule has 46 heavy (non-hydrogen) atoms. The van der Waals surface area contributed by atoms with Gasteiger partial charge in [0.1, 0.15) is 22.5 Å². The summed E-state index contributed by atoms with van der Waals surface area (Å²) in [6.45, 7) is 3.24. The van der Waals surface area contributed by atoms with Gasteiger partial charge in [-0.25, -0.2) is 22.9 Å². The van der Waals surface area contributed by atoms with Crippen LogP contribution in [0.4, 0.5) is 19.3 Å². The lowest BCUT2D eigenvalue weighted by atomic mass is 10.1. The van der Waals surface area contributed by atoms with E-state index >= 15 is 0 Å². The molecule has 2 heterocycles. The van der Waals surface area contributed by atoms with E-state index in [9.17, 15) is 33.1 Å². The van der Waals surface area contributed by atoms with Gasteiger partial charge in [-0.15, -0.1) is 11.3 Å². The Morgan fingerprint density at radius 2 is 1.61 bits per heavy atom. The molecule has 3 N–H and O–H groups in total. The fraction of sp³-hybridized carbons (Fsp3) is 0.212. The molecule has 1 atom stereocenters. The van der Waals surface area contributed by atoms with Gasteiger partial charge in [-0.05, 0) is 68.4 Å². The summed E-state index contributed by atoms with van der Waals surface area (Å²) in [5, 5.41) is 15.2. The number of benzene rings is 3. The Labute approximate surface area is 266 Å². The first kappa shape index (κ1) is 32.3. The summed E-state index contributed by atoms with van der Waals surface area (Å²) in [5.41, 5.74) is 0.0341. The predicted octanol–water partition coefficient (Wildman–Crippen LogP) is 5.25. The number of hydrogen-bond acceptors (Lipinski definition) is 6. The number of hydrogen-bond donors (Lipinski definition) is 3. The van der Waals surface area contributed by atoms with Crippen LogP contribution in [0.5, 0.6) is 0 Å². The third-order valence-corrected chi connectivity index (χ3v) is 8.94. The largest absolute Gasteiger partial charge is 0.480 e. The van der Waals surface area contributed by atoms with Crippen molar-refractivity contribution in [3.05, 3.63) is 116 Å². The first-order valence-corrected chi connectivity index (χ1v) is 15.2. The number of urea groups is 1. The fourth-order valence-corrected chi connectivity index (χ4v) is 6.36. The number of thiophene rings is 1. The Morgan fingerprint density at radius 1 is 0.957 bits per heavy atom. The fourth-order valence-electron chi connectivity index (χ4n) is 5.05. The van der Waals surface area contributed by atoms with Crippen LogP contribution in [-0.2, 0) is 17.9 Å². The lowest BCUT2D eigenvalue weighted by molar-refractivity contribution is -0.142. The number of carboxylic acid groups (broad SMARTS) is 1. The van der Waals surface area contributed by atoms with E-state index in [-0.39, 0.29) is 34.0 Å². The molecule has 0 saturated carbocycles. The van der Waals surface area contributed by atoms with Crippen LogP contribution >= 0.6 is 11.3 Å². The van der Waals surface area contributed by atoms with E-state index < -0.39 is 41.4 Å². The number of anilines is 1. The number of nitrogens with zero attached hydrogens (tertiary/aromatic N) is 3. The molecule has 5 aromatic rings. The van der Waals surface area contributed by atoms with Crippen molar-refractivity contribution >= 4 is 39.2 Å². The smallest absolute Gasteiger partial charge is 0.337 e. The molecule has 0 spiro atoms. The van der Waals surface area contributed by atoms with E-state index in [0.717, 1.165) is 28.0 Å². The van der Waals surface area contributed by atoms with Crippen molar-refractivity contribution in [2.24, 2.45) is 0 Å². The Kier molecular flexibility index (Phi) is 9.44. The van der Waals surface area contributed by atoms with Gasteiger partial charge in [0.05, 0.1) is 17.6 Å². The first-order valence-electron chi connectivity index (χ1n) is 14.4. The number of carboxylic acids is 1. The van der Waals surface area contributed by atoms with Crippen LogP contribution in [0.1, 0.15) is 25.0 Å². The molecule has 13 heteroatoms. The molecule has 0 aliphatic heterocycles. The standard InChI is InChI=1S/C33H31F2N5O5S/c1-4-36-32(44)37-21-15-13-20(14-16-21)28-24(17-38(3)19(2)31(42)43)27-29(41)40(22-9-6-5-7-10-22)33(45)39(30(27)46-28)18-23-25(34)11-8-12-26(23)35/h5-16,19H,4,17-18H2,1-3H3,(H,42,43)(H2,36,37,44)/t19-/m0/s1. The number of aliphatic carboxylic acids is 1. The van der Waals surface area contributed by atoms with E-state index in [1.807, 2.05) is 0 Å². The number of aromatic nitrogens is 2. The number of halogens is 2. The van der Waals surface area contributed by atoms with Crippen molar-refractivity contribution in [3.63, 3.8) is 0 Å². The zero-order chi connectivity index (χ0) is 33.1. The van der Waals surface area contributed by atoms with E-state index in [2.05, 4.69) is 10.6 Å². The molecule has 3 aromatic carbocycles. The van der Waals surface area contributed by atoms with Crippen molar-refractivity contribution in [1.82, 2.24) is 19.4 Å². The molecule has 0 aliphatic rings. The number of likely N-dealkylation sites (N-methyl/N-ethyl adjacent to an activating group) is 1. The van der Waals surface area contributed by atoms with Gasteiger partial charge in [-0.1, -0.05) is 36.4 Å². The van der Waals surface area contributed by atoms with Crippen molar-refractivity contribution < 1.29 is 23.5 Å². The highest BCUT2D eigenvalue weighted by Crippen LogP contribution is 2.38. The number of nitrogens with one attached hydrogen (secondary N) is 2. The highest BCUT2D eigenvalue weighted by atomic mass is 32.1. The molecule has 10 nitrogen and oxygen atoms in total. The van der Waals surface area contributed by atoms with Crippen molar-refractivity contribution in [2.45, 2.75) is 33.0 Å². The molecule has 238 valence electrons. The number of para-hydroxylation sites is 1. The normalized spacial score (nSPS) is 12.0. The topological polar surface area (TPSA) is 126 Å². The molecule has 0 aliphatic carbocycles. The molecule has 0 saturated heterocycles. The molecular weight excluding hydrogens is 616 g/mol. The van der Waals surface area contributed by atoms with Crippen LogP contribution in [0.2, 0.25) is 0 Å². The van der Waals surface area contributed by atoms with Gasteiger partial charge in [0, 0.05) is 29.2 Å². The van der Waals surface area contributed by atoms with Gasteiger partial charge in [0.15, 0.2) is 0 Å². The summed E-state index contributed by atoms with van der Waals surface area (Å²) >= 11 is 1.09. The number of fused-ring (bicyclic) bond motifs is 1. The van der Waals surface area contributed by atoms with Crippen LogP contribution in [0.15, 0.2) is 82.4 Å². The lowest BCUT2D eigenvalue weighted by Crippen LogP contribution is -2.39. The third kappa shape index (κ3) is 6.32. The predicted molar refractivity (Wildman–Crippen MR) is 174 cm³/mol. The summed E-state index contributed by atoms with van der Waals surface area (Å²) in [5.74, 6) is -2.77. The van der Waals surface area contributed by atoms with Crippen LogP contribution in [0.25, 0.3) is 26.3 Å². The molecule has 0 unspecified atom stereocenters. The van der Waals surface area contributed by atoms with Crippen LogP contribution < -0.4 is 21.9 Å². The summed E-state index contributed by atoms with van der Waals surface area (Å²) in [6.07, 6.45) is 0. The second kappa shape index (κ2) is 13.5. The molecule has 0 radical (unpaired) electrons. The summed E-state index contributed by atoms with van der Waals surface area (Å²) < 4.78 is 32.0. The zero-order valence-corrected chi connectivity index (χ0v) is 26.0. The van der Waals surface area contributed by atoms with E-state index in [1.54, 1.807) is 73.5 Å². The Hall–Kier alpha value is -5.14. The number of amides is 2. The molecule has 5 rings (SSSR count). The van der Waals surface area contributed by atoms with Gasteiger partial charge >= 0.3 is 17.7 Å². The number of carbonyl (C=O) groups is 2. The number of carbonyl (C=O) groups excluding carboxylic acids is 1. The molecular formula is C33H31F2N5O5S. The van der Waals surface area contributed by atoms with Crippen molar-refractivity contribution in [1.29, 1.82) is 0 Å². The minimum absolute atomic E-state index is 0.00198. The molecule has 2 amide bonds. The second-order valence-corrected chi connectivity index (χ2v) is 11.6. The van der Waals surface area contributed by atoms with Crippen molar-refractivity contribution in [3.8, 4) is 16.1 Å². The zero-order valence-electron chi connectivity index (χ0n) is 25.2. The second-order valence-electron chi connectivity index (χ2n) is 10.6. The van der Waals surface area contributed by atoms with Gasteiger partial charge in [-0.2, -0.15) is 0 Å². The Morgan fingerprint density at radius 3 is 2.22 bits per heavy atom. The third-order valence-electron chi connectivity index (χ3n) is 7.63. The lowest BCUT2D eigenvalue weighted by Gasteiger charge is -2.22. The maximum Gasteiger partial charge on any atom is 0.337 e. The van der Waals surface area contributed by atoms with Gasteiger partial charge in [-0.3, -0.25) is 19.1 Å². The maximum atomic E-state index is 14.9. The average Bonchev–Trinajstić information content (AvgIpc) is 3.40. The van der Waals surface area contributed by atoms with E-state index in [4.69, 9.17) is 0 Å². The monoisotopic (exact) mass is 647 g/mol. The molecule has 0 bridgehead atoms.